The van der Waals surface area contributed by atoms with Gasteiger partial charge >= 0.3 is 11.9 Å². The van der Waals surface area contributed by atoms with E-state index in [9.17, 15) is 38.7 Å². The lowest BCUT2D eigenvalue weighted by molar-refractivity contribution is -0.162. The smallest absolute Gasteiger partial charge is 0.329 e. The molecule has 0 aromatic heterocycles. The number of carbonyl (C=O) groups is 7. The molecule has 4 N–H and O–H groups in total. The fourth-order valence-corrected chi connectivity index (χ4v) is 7.70. The highest BCUT2D eigenvalue weighted by atomic mass is 35.5. The number of hydrogen-bond donors (Lipinski definition) is 4. The number of esters is 2. The van der Waals surface area contributed by atoms with E-state index in [1.165, 1.54) is 37.8 Å². The van der Waals surface area contributed by atoms with E-state index in [0.717, 1.165) is 0 Å². The molecule has 0 aliphatic carbocycles. The van der Waals surface area contributed by atoms with Crippen LogP contribution in [0.1, 0.15) is 93.1 Å². The summed E-state index contributed by atoms with van der Waals surface area (Å²) in [4.78, 5) is 103. The van der Waals surface area contributed by atoms with Crippen LogP contribution in [-0.4, -0.2) is 125 Å². The Kier molecular flexibility index (Phi) is 18.6. The normalized spacial score (nSPS) is 29.5. The molecule has 17 heteroatoms. The molecule has 0 spiro atoms. The molecule has 0 saturated carbocycles. The van der Waals surface area contributed by atoms with E-state index in [1.807, 2.05) is 20.8 Å². The number of methoxy groups -OCH3 is 1. The summed E-state index contributed by atoms with van der Waals surface area (Å²) in [6.45, 7) is 13.6. The molecular formula is C42H64ClN5O11. The lowest BCUT2D eigenvalue weighted by atomic mass is 9.91. The van der Waals surface area contributed by atoms with E-state index >= 15 is 0 Å². The number of carbonyl (C=O) groups excluding carboxylic acids is 7. The number of rotatable bonds is 9. The number of nitrogens with one attached hydrogen (secondary N) is 3. The zero-order valence-corrected chi connectivity index (χ0v) is 36.7. The number of aliphatic hydroxyl groups is 1. The van der Waals surface area contributed by atoms with E-state index in [4.69, 9.17) is 26.0 Å². The maximum absolute atomic E-state index is 14.4. The largest absolute Gasteiger partial charge is 0.497 e. The molecule has 16 nitrogen and oxygen atoms in total. The average molecular weight is 850 g/mol. The van der Waals surface area contributed by atoms with Crippen LogP contribution in [0.25, 0.3) is 0 Å². The second kappa shape index (κ2) is 22.4. The number of likely N-dealkylation sites (N-methyl/N-ethyl adjacent to an activating group) is 1. The van der Waals surface area contributed by atoms with Gasteiger partial charge in [0.05, 0.1) is 31.6 Å². The van der Waals surface area contributed by atoms with Crippen molar-refractivity contribution < 1.29 is 52.9 Å². The highest BCUT2D eigenvalue weighted by molar-refractivity contribution is 6.15. The van der Waals surface area contributed by atoms with Gasteiger partial charge in [0.1, 0.15) is 36.0 Å². The van der Waals surface area contributed by atoms with Gasteiger partial charge in [-0.1, -0.05) is 60.1 Å². The summed E-state index contributed by atoms with van der Waals surface area (Å²) < 4.78 is 16.7. The van der Waals surface area contributed by atoms with Gasteiger partial charge in [0, 0.05) is 20.0 Å². The van der Waals surface area contributed by atoms with Crippen molar-refractivity contribution in [2.24, 2.45) is 23.7 Å². The van der Waals surface area contributed by atoms with Crippen LogP contribution >= 0.6 is 11.8 Å². The van der Waals surface area contributed by atoms with Crippen molar-refractivity contribution >= 4 is 53.1 Å². The highest BCUT2D eigenvalue weighted by Crippen LogP contribution is 2.25. The molecular weight excluding hydrogens is 786 g/mol. The molecule has 2 aliphatic rings. The summed E-state index contributed by atoms with van der Waals surface area (Å²) in [6.07, 6.45) is -3.23. The monoisotopic (exact) mass is 849 g/mol. The molecule has 2 aliphatic heterocycles. The number of nitrogens with zero attached hydrogens (tertiary/aromatic N) is 2. The number of ketones is 1. The SMILES string of the molecule is CC[C@H](C)[C@H]1NC(=O)[C@@H](NCl)[C@@H](C)OC(=O)[C@H](Cc2ccc(OC)cc2)N(C)C(=O)[C@@H]2CCCN2C(=O)[C@H](CC(C)C)NC(=O)[C@@H](C)C(=O)[C@H](C(C)C)OC(=O)C[C@@H]1O. The third-order valence-corrected chi connectivity index (χ3v) is 11.5. The summed E-state index contributed by atoms with van der Waals surface area (Å²) in [7, 11) is 2.97. The van der Waals surface area contributed by atoms with Crippen LogP contribution in [0.3, 0.4) is 0 Å². The van der Waals surface area contributed by atoms with Gasteiger partial charge in [0.15, 0.2) is 11.9 Å². The molecule has 0 radical (unpaired) electrons. The van der Waals surface area contributed by atoms with Gasteiger partial charge in [0.25, 0.3) is 0 Å². The first-order valence-corrected chi connectivity index (χ1v) is 20.9. The van der Waals surface area contributed by atoms with Crippen molar-refractivity contribution in [2.45, 2.75) is 142 Å². The second-order valence-corrected chi connectivity index (χ2v) is 16.8. The Labute approximate surface area is 352 Å². The molecule has 0 unspecified atom stereocenters. The van der Waals surface area contributed by atoms with Gasteiger partial charge in [-0.2, -0.15) is 0 Å². The minimum Gasteiger partial charge on any atom is -0.497 e. The fraction of sp³-hybridized carbons (Fsp3) is 0.690. The number of hydrogen-bond acceptors (Lipinski definition) is 12. The number of aliphatic hydroxyl groups excluding tert-OH is 1. The predicted molar refractivity (Wildman–Crippen MR) is 219 cm³/mol. The van der Waals surface area contributed by atoms with Crippen molar-refractivity contribution in [1.29, 1.82) is 0 Å². The molecule has 3 rings (SSSR count). The van der Waals surface area contributed by atoms with E-state index in [1.54, 1.807) is 45.0 Å². The highest BCUT2D eigenvalue weighted by Gasteiger charge is 2.44. The molecule has 1 aromatic rings. The van der Waals surface area contributed by atoms with Crippen LogP contribution < -0.4 is 20.2 Å². The zero-order chi connectivity index (χ0) is 44.3. The zero-order valence-electron chi connectivity index (χ0n) is 36.0. The van der Waals surface area contributed by atoms with E-state index in [-0.39, 0.29) is 37.6 Å². The Hall–Kier alpha value is -4.28. The first kappa shape index (κ1) is 49.1. The number of fused-ring (bicyclic) bond motifs is 1. The van der Waals surface area contributed by atoms with Crippen LogP contribution in [0, 0.1) is 23.7 Å². The molecule has 4 amide bonds. The Morgan fingerprint density at radius 3 is 2.15 bits per heavy atom. The minimum atomic E-state index is -1.48. The Balaban J connectivity index is 2.13. The second-order valence-electron chi connectivity index (χ2n) is 16.6. The van der Waals surface area contributed by atoms with Gasteiger partial charge in [-0.3, -0.25) is 28.8 Å². The van der Waals surface area contributed by atoms with Gasteiger partial charge in [-0.05, 0) is 80.3 Å². The Morgan fingerprint density at radius 1 is 0.949 bits per heavy atom. The minimum absolute atomic E-state index is 0.00266. The van der Waals surface area contributed by atoms with Crippen LogP contribution in [0.15, 0.2) is 24.3 Å². The van der Waals surface area contributed by atoms with Crippen LogP contribution in [0.5, 0.6) is 5.75 Å². The molecule has 1 aromatic carbocycles. The van der Waals surface area contributed by atoms with E-state index in [0.29, 0.717) is 24.2 Å². The third-order valence-electron chi connectivity index (χ3n) is 11.3. The number of halogens is 1. The molecule has 2 fully saturated rings. The standard InChI is InChI=1S/C42H64ClN5O11/c1-11-24(6)34-32(49)21-33(50)59-37(23(4)5)36(51)25(7)38(52)44-29(19-22(2)3)40(54)48-18-12-13-30(48)41(55)47(9)31(20-27-14-16-28(57-10)17-15-27)42(56)58-26(8)35(46-43)39(53)45-34/h14-17,22-26,29-32,34-35,37,46,49H,11-13,18-21H2,1-10H3,(H,44,52)(H,45,53)/t24-,25-,26+,29-,30-,31-,32-,34+,35-,37-/m0/s1. The Morgan fingerprint density at radius 2 is 1.59 bits per heavy atom. The van der Waals surface area contributed by atoms with Gasteiger partial charge in [-0.25, -0.2) is 9.63 Å². The van der Waals surface area contributed by atoms with Crippen molar-refractivity contribution in [3.63, 3.8) is 0 Å². The summed E-state index contributed by atoms with van der Waals surface area (Å²) >= 11 is 6.08. The first-order chi connectivity index (χ1) is 27.7. The molecule has 10 atom stereocenters. The van der Waals surface area contributed by atoms with Crippen molar-refractivity contribution in [3.05, 3.63) is 29.8 Å². The predicted octanol–water partition coefficient (Wildman–Crippen LogP) is 2.70. The summed E-state index contributed by atoms with van der Waals surface area (Å²) in [5.74, 6) is -6.83. The number of Topliss-reactive ketones (excluding diaryl/α,β-unsaturated/α-hetero) is 1. The van der Waals surface area contributed by atoms with Crippen LogP contribution in [-0.2, 0) is 49.5 Å². The van der Waals surface area contributed by atoms with Gasteiger partial charge in [0.2, 0.25) is 23.6 Å². The lowest BCUT2D eigenvalue weighted by Crippen LogP contribution is -2.58. The van der Waals surface area contributed by atoms with Crippen molar-refractivity contribution in [3.8, 4) is 5.75 Å². The molecule has 0 bridgehead atoms. The van der Waals surface area contributed by atoms with Crippen molar-refractivity contribution in [1.82, 2.24) is 25.3 Å². The third kappa shape index (κ3) is 12.9. The van der Waals surface area contributed by atoms with Crippen molar-refractivity contribution in [2.75, 3.05) is 20.7 Å². The Bertz CT molecular complexity index is 1640. The number of benzene rings is 1. The molecule has 2 saturated heterocycles. The number of amides is 4. The van der Waals surface area contributed by atoms with E-state index < -0.39 is 108 Å². The first-order valence-electron chi connectivity index (χ1n) is 20.5. The summed E-state index contributed by atoms with van der Waals surface area (Å²) in [5, 5.41) is 16.8. The lowest BCUT2D eigenvalue weighted by Gasteiger charge is -2.35. The summed E-state index contributed by atoms with van der Waals surface area (Å²) in [5.41, 5.74) is 0.661. The average Bonchev–Trinajstić information content (AvgIpc) is 3.69. The maximum Gasteiger partial charge on any atom is 0.329 e. The summed E-state index contributed by atoms with van der Waals surface area (Å²) in [6, 6.07) is 1.22. The number of cyclic esters (lactones) is 2. The fourth-order valence-electron chi connectivity index (χ4n) is 7.42. The maximum atomic E-state index is 14.4. The van der Waals surface area contributed by atoms with Gasteiger partial charge < -0.3 is 39.8 Å². The molecule has 2 heterocycles. The van der Waals surface area contributed by atoms with Crippen LogP contribution in [0.4, 0.5) is 0 Å². The van der Waals surface area contributed by atoms with E-state index in [2.05, 4.69) is 15.5 Å². The quantitative estimate of drug-likeness (QED) is 0.161. The molecule has 330 valence electrons. The molecule has 59 heavy (non-hydrogen) atoms. The van der Waals surface area contributed by atoms with Crippen LogP contribution in [0.2, 0.25) is 0 Å². The number of ether oxygens (including phenoxy) is 3. The van der Waals surface area contributed by atoms with Gasteiger partial charge in [-0.15, -0.1) is 0 Å². The topological polar surface area (TPSA) is 210 Å².